The van der Waals surface area contributed by atoms with Crippen molar-refractivity contribution in [2.45, 2.75) is 58.3 Å². The summed E-state index contributed by atoms with van der Waals surface area (Å²) in [5.41, 5.74) is 0.651. The Kier molecular flexibility index (Phi) is 10.8. The second kappa shape index (κ2) is 12.9. The zero-order chi connectivity index (χ0) is 19.2. The summed E-state index contributed by atoms with van der Waals surface area (Å²) in [5, 5.41) is 11.4. The van der Waals surface area contributed by atoms with Crippen LogP contribution in [0.5, 0.6) is 5.75 Å². The van der Waals surface area contributed by atoms with Crippen LogP contribution in [0.15, 0.2) is 24.3 Å². The van der Waals surface area contributed by atoms with Gasteiger partial charge in [-0.15, -0.1) is 0 Å². The fraction of sp³-hybridized carbons (Fsp3) is 0.550. The van der Waals surface area contributed by atoms with Gasteiger partial charge in [0.05, 0.1) is 6.61 Å². The number of unbranched alkanes of at least 4 members (excludes halogenated alkanes) is 4. The molecule has 1 aromatic carbocycles. The van der Waals surface area contributed by atoms with Gasteiger partial charge in [0, 0.05) is 24.9 Å². The topological polar surface area (TPSA) is 92.7 Å². The van der Waals surface area contributed by atoms with E-state index in [0.29, 0.717) is 37.3 Å². The van der Waals surface area contributed by atoms with Gasteiger partial charge >= 0.3 is 5.97 Å². The Labute approximate surface area is 154 Å². The van der Waals surface area contributed by atoms with Crippen LogP contribution >= 0.6 is 0 Å². The summed E-state index contributed by atoms with van der Waals surface area (Å²) in [7, 11) is 0. The zero-order valence-corrected chi connectivity index (χ0v) is 15.5. The molecule has 26 heavy (non-hydrogen) atoms. The molecule has 2 N–H and O–H groups in total. The van der Waals surface area contributed by atoms with Gasteiger partial charge in [0.2, 0.25) is 5.91 Å². The minimum Gasteiger partial charge on any atom is -0.494 e. The van der Waals surface area contributed by atoms with Crippen LogP contribution in [-0.2, 0) is 9.59 Å². The van der Waals surface area contributed by atoms with Crippen molar-refractivity contribution in [2.75, 3.05) is 13.2 Å². The second-order valence-corrected chi connectivity index (χ2v) is 6.29. The third-order valence-corrected chi connectivity index (χ3v) is 3.97. The minimum absolute atomic E-state index is 0.0198. The number of carboxylic acids is 1. The van der Waals surface area contributed by atoms with Gasteiger partial charge in [-0.2, -0.15) is 0 Å². The Morgan fingerprint density at radius 1 is 0.923 bits per heavy atom. The van der Waals surface area contributed by atoms with Gasteiger partial charge in [0.15, 0.2) is 5.78 Å². The van der Waals surface area contributed by atoms with Crippen LogP contribution in [-0.4, -0.2) is 35.9 Å². The molecule has 0 unspecified atom stereocenters. The zero-order valence-electron chi connectivity index (χ0n) is 15.5. The van der Waals surface area contributed by atoms with Crippen LogP contribution < -0.4 is 10.1 Å². The molecule has 0 aliphatic carbocycles. The van der Waals surface area contributed by atoms with E-state index in [1.165, 1.54) is 6.92 Å². The number of hydrogen-bond acceptors (Lipinski definition) is 4. The molecule has 1 aromatic rings. The molecule has 0 aliphatic rings. The molecule has 0 heterocycles. The smallest absolute Gasteiger partial charge is 0.303 e. The normalized spacial score (nSPS) is 10.3. The van der Waals surface area contributed by atoms with Gasteiger partial charge in [0.1, 0.15) is 5.75 Å². The molecule has 0 bridgehead atoms. The van der Waals surface area contributed by atoms with Crippen LogP contribution in [0.3, 0.4) is 0 Å². The lowest BCUT2D eigenvalue weighted by atomic mass is 10.1. The standard InChI is InChI=1S/C20H29NO5/c1-16(22)17-10-12-18(13-11-17)26-15-7-8-19(23)21-14-6-4-2-3-5-9-20(24)25/h10-13H,2-9,14-15H2,1H3,(H,21,23)(H,24,25). The average molecular weight is 363 g/mol. The lowest BCUT2D eigenvalue weighted by Gasteiger charge is -2.07. The number of carbonyl (C=O) groups excluding carboxylic acids is 2. The van der Waals surface area contributed by atoms with Gasteiger partial charge < -0.3 is 15.2 Å². The van der Waals surface area contributed by atoms with Crippen LogP contribution in [0.1, 0.15) is 68.6 Å². The molecule has 0 spiro atoms. The summed E-state index contributed by atoms with van der Waals surface area (Å²) >= 11 is 0. The molecule has 144 valence electrons. The highest BCUT2D eigenvalue weighted by Gasteiger charge is 2.03. The van der Waals surface area contributed by atoms with Crippen LogP contribution in [0.25, 0.3) is 0 Å². The summed E-state index contributed by atoms with van der Waals surface area (Å²) in [6.45, 7) is 2.63. The highest BCUT2D eigenvalue weighted by atomic mass is 16.5. The predicted octanol–water partition coefficient (Wildman–Crippen LogP) is 3.59. The Bertz CT molecular complexity index is 568. The van der Waals surface area contributed by atoms with Crippen LogP contribution in [0.2, 0.25) is 0 Å². The lowest BCUT2D eigenvalue weighted by Crippen LogP contribution is -2.24. The summed E-state index contributed by atoms with van der Waals surface area (Å²) in [5.74, 6) is -0.00693. The Balaban J connectivity index is 1.98. The van der Waals surface area contributed by atoms with Gasteiger partial charge in [-0.1, -0.05) is 19.3 Å². The van der Waals surface area contributed by atoms with Crippen molar-refractivity contribution in [3.8, 4) is 5.75 Å². The number of carboxylic acid groups (broad SMARTS) is 1. The monoisotopic (exact) mass is 363 g/mol. The van der Waals surface area contributed by atoms with Crippen molar-refractivity contribution in [2.24, 2.45) is 0 Å². The van der Waals surface area contributed by atoms with E-state index in [4.69, 9.17) is 9.84 Å². The van der Waals surface area contributed by atoms with Crippen LogP contribution in [0, 0.1) is 0 Å². The Morgan fingerprint density at radius 2 is 1.58 bits per heavy atom. The number of aliphatic carboxylic acids is 1. The summed E-state index contributed by atoms with van der Waals surface area (Å²) < 4.78 is 5.56. The average Bonchev–Trinajstić information content (AvgIpc) is 2.61. The van der Waals surface area contributed by atoms with Crippen molar-refractivity contribution in [3.05, 3.63) is 29.8 Å². The maximum absolute atomic E-state index is 11.7. The molecule has 1 rings (SSSR count). The predicted molar refractivity (Wildman–Crippen MR) is 99.5 cm³/mol. The molecule has 6 heteroatoms. The number of nitrogens with one attached hydrogen (secondary N) is 1. The van der Waals surface area contributed by atoms with E-state index in [-0.39, 0.29) is 18.1 Å². The summed E-state index contributed by atoms with van der Waals surface area (Å²) in [6.07, 6.45) is 5.85. The van der Waals surface area contributed by atoms with Gasteiger partial charge in [0.25, 0.3) is 0 Å². The van der Waals surface area contributed by atoms with Crippen molar-refractivity contribution >= 4 is 17.7 Å². The molecule has 0 saturated carbocycles. The van der Waals surface area contributed by atoms with Gasteiger partial charge in [-0.3, -0.25) is 14.4 Å². The molecule has 0 radical (unpaired) electrons. The molecular formula is C20H29NO5. The molecule has 1 amide bonds. The Hall–Kier alpha value is -2.37. The lowest BCUT2D eigenvalue weighted by molar-refractivity contribution is -0.137. The molecule has 0 aromatic heterocycles. The number of ether oxygens (including phenoxy) is 1. The number of carbonyl (C=O) groups is 3. The second-order valence-electron chi connectivity index (χ2n) is 6.29. The molecule has 6 nitrogen and oxygen atoms in total. The molecule has 0 aliphatic heterocycles. The van der Waals surface area contributed by atoms with E-state index in [0.717, 1.165) is 32.1 Å². The van der Waals surface area contributed by atoms with Crippen molar-refractivity contribution < 1.29 is 24.2 Å². The number of amides is 1. The molecule has 0 saturated heterocycles. The largest absolute Gasteiger partial charge is 0.494 e. The van der Waals surface area contributed by atoms with E-state index in [1.807, 2.05) is 0 Å². The first kappa shape index (κ1) is 21.7. The third-order valence-electron chi connectivity index (χ3n) is 3.97. The van der Waals surface area contributed by atoms with Crippen molar-refractivity contribution in [3.63, 3.8) is 0 Å². The number of hydrogen-bond donors (Lipinski definition) is 2. The fourth-order valence-corrected chi connectivity index (χ4v) is 2.46. The number of benzene rings is 1. The van der Waals surface area contributed by atoms with Crippen molar-refractivity contribution in [1.82, 2.24) is 5.32 Å². The fourth-order valence-electron chi connectivity index (χ4n) is 2.46. The first-order valence-electron chi connectivity index (χ1n) is 9.21. The van der Waals surface area contributed by atoms with E-state index in [2.05, 4.69) is 5.32 Å². The highest BCUT2D eigenvalue weighted by molar-refractivity contribution is 5.94. The summed E-state index contributed by atoms with van der Waals surface area (Å²) in [6, 6.07) is 6.97. The SMILES string of the molecule is CC(=O)c1ccc(OCCCC(=O)NCCCCCCCC(=O)O)cc1. The maximum Gasteiger partial charge on any atom is 0.303 e. The molecule has 0 fully saturated rings. The van der Waals surface area contributed by atoms with E-state index in [9.17, 15) is 14.4 Å². The highest BCUT2D eigenvalue weighted by Crippen LogP contribution is 2.13. The van der Waals surface area contributed by atoms with Gasteiger partial charge in [-0.05, 0) is 50.5 Å². The molecular weight excluding hydrogens is 334 g/mol. The van der Waals surface area contributed by atoms with Gasteiger partial charge in [-0.25, -0.2) is 0 Å². The number of Topliss-reactive ketones (excluding diaryl/α,β-unsaturated/α-hetero) is 1. The first-order chi connectivity index (χ1) is 12.5. The first-order valence-corrected chi connectivity index (χ1v) is 9.21. The number of ketones is 1. The minimum atomic E-state index is -0.741. The maximum atomic E-state index is 11.7. The third kappa shape index (κ3) is 10.5. The van der Waals surface area contributed by atoms with E-state index < -0.39 is 5.97 Å². The van der Waals surface area contributed by atoms with E-state index in [1.54, 1.807) is 24.3 Å². The quantitative estimate of drug-likeness (QED) is 0.389. The molecule has 0 atom stereocenters. The van der Waals surface area contributed by atoms with Crippen molar-refractivity contribution in [1.29, 1.82) is 0 Å². The van der Waals surface area contributed by atoms with Crippen LogP contribution in [0.4, 0.5) is 0 Å². The summed E-state index contributed by atoms with van der Waals surface area (Å²) in [4.78, 5) is 33.3. The Morgan fingerprint density at radius 3 is 2.23 bits per heavy atom. The van der Waals surface area contributed by atoms with E-state index >= 15 is 0 Å². The number of rotatable bonds is 14.